The van der Waals surface area contributed by atoms with Gasteiger partial charge >= 0.3 is 0 Å². The third-order valence-corrected chi connectivity index (χ3v) is 4.48. The number of ether oxygens (including phenoxy) is 2. The SMILES string of the molecule is COc1cc(/C=N\NC(=O)c2ccccc2C)ccc1OCc1cccc(Cl)c1. The number of carbonyl (C=O) groups is 1. The average Bonchev–Trinajstić information content (AvgIpc) is 2.73. The number of benzene rings is 3. The van der Waals surface area contributed by atoms with E-state index in [1.807, 2.05) is 55.5 Å². The smallest absolute Gasteiger partial charge is 0.271 e. The highest BCUT2D eigenvalue weighted by atomic mass is 35.5. The highest BCUT2D eigenvalue weighted by Crippen LogP contribution is 2.28. The summed E-state index contributed by atoms with van der Waals surface area (Å²) in [4.78, 5) is 12.2. The first kappa shape index (κ1) is 20.4. The van der Waals surface area contributed by atoms with Gasteiger partial charge in [-0.15, -0.1) is 0 Å². The summed E-state index contributed by atoms with van der Waals surface area (Å²) < 4.78 is 11.3. The van der Waals surface area contributed by atoms with Crippen LogP contribution in [0.1, 0.15) is 27.0 Å². The number of methoxy groups -OCH3 is 1. The number of amides is 1. The number of hydrogen-bond acceptors (Lipinski definition) is 4. The Morgan fingerprint density at radius 3 is 2.66 bits per heavy atom. The van der Waals surface area contributed by atoms with E-state index in [2.05, 4.69) is 10.5 Å². The maximum Gasteiger partial charge on any atom is 0.271 e. The monoisotopic (exact) mass is 408 g/mol. The number of hydrazone groups is 1. The van der Waals surface area contributed by atoms with Crippen molar-refractivity contribution in [1.82, 2.24) is 5.43 Å². The van der Waals surface area contributed by atoms with E-state index in [0.29, 0.717) is 28.7 Å². The molecule has 0 unspecified atom stereocenters. The van der Waals surface area contributed by atoms with Crippen LogP contribution in [0.15, 0.2) is 71.8 Å². The molecule has 0 aliphatic rings. The molecule has 0 heterocycles. The molecule has 0 atom stereocenters. The summed E-state index contributed by atoms with van der Waals surface area (Å²) in [5, 5.41) is 4.70. The average molecular weight is 409 g/mol. The Hall–Kier alpha value is -3.31. The molecule has 0 saturated carbocycles. The van der Waals surface area contributed by atoms with E-state index >= 15 is 0 Å². The molecular weight excluding hydrogens is 388 g/mol. The van der Waals surface area contributed by atoms with Crippen molar-refractivity contribution in [2.45, 2.75) is 13.5 Å². The van der Waals surface area contributed by atoms with Crippen LogP contribution in [0.4, 0.5) is 0 Å². The minimum Gasteiger partial charge on any atom is -0.493 e. The molecule has 148 valence electrons. The second kappa shape index (κ2) is 9.75. The van der Waals surface area contributed by atoms with Crippen molar-refractivity contribution in [3.05, 3.63) is 94.0 Å². The summed E-state index contributed by atoms with van der Waals surface area (Å²) in [5.41, 5.74) is 5.75. The summed E-state index contributed by atoms with van der Waals surface area (Å²) >= 11 is 6.00. The van der Waals surface area contributed by atoms with Gasteiger partial charge < -0.3 is 9.47 Å². The molecule has 5 nitrogen and oxygen atoms in total. The molecule has 3 aromatic carbocycles. The van der Waals surface area contributed by atoms with Crippen molar-refractivity contribution >= 4 is 23.7 Å². The van der Waals surface area contributed by atoms with Crippen LogP contribution in [0.5, 0.6) is 11.5 Å². The summed E-state index contributed by atoms with van der Waals surface area (Å²) in [5.74, 6) is 0.919. The van der Waals surface area contributed by atoms with Gasteiger partial charge in [0.15, 0.2) is 11.5 Å². The van der Waals surface area contributed by atoms with Gasteiger partial charge in [0.25, 0.3) is 5.91 Å². The molecule has 3 rings (SSSR count). The van der Waals surface area contributed by atoms with Crippen LogP contribution in [0, 0.1) is 6.92 Å². The number of hydrogen-bond donors (Lipinski definition) is 1. The van der Waals surface area contributed by atoms with E-state index in [1.54, 1.807) is 31.5 Å². The zero-order chi connectivity index (χ0) is 20.6. The van der Waals surface area contributed by atoms with Crippen molar-refractivity contribution in [1.29, 1.82) is 0 Å². The third-order valence-electron chi connectivity index (χ3n) is 4.24. The molecule has 0 bridgehead atoms. The number of nitrogens with zero attached hydrogens (tertiary/aromatic N) is 1. The zero-order valence-electron chi connectivity index (χ0n) is 16.2. The Kier molecular flexibility index (Phi) is 6.87. The van der Waals surface area contributed by atoms with Crippen molar-refractivity contribution < 1.29 is 14.3 Å². The lowest BCUT2D eigenvalue weighted by molar-refractivity contribution is 0.0954. The van der Waals surface area contributed by atoms with Crippen molar-refractivity contribution in [2.24, 2.45) is 5.10 Å². The van der Waals surface area contributed by atoms with Crippen LogP contribution >= 0.6 is 11.6 Å². The van der Waals surface area contributed by atoms with E-state index in [9.17, 15) is 4.79 Å². The van der Waals surface area contributed by atoms with Gasteiger partial charge in [0, 0.05) is 10.6 Å². The molecule has 1 N–H and O–H groups in total. The summed E-state index contributed by atoms with van der Waals surface area (Å²) in [6.45, 7) is 2.25. The lowest BCUT2D eigenvalue weighted by Crippen LogP contribution is -2.18. The van der Waals surface area contributed by atoms with Crippen LogP contribution in [0.2, 0.25) is 5.02 Å². The van der Waals surface area contributed by atoms with Gasteiger partial charge in [0.2, 0.25) is 0 Å². The molecule has 0 aromatic heterocycles. The standard InChI is InChI=1S/C23H21ClN2O3/c1-16-6-3-4-9-20(16)23(27)26-25-14-17-10-11-21(22(13-17)28-2)29-15-18-7-5-8-19(24)12-18/h3-14H,15H2,1-2H3,(H,26,27)/b25-14-. The van der Waals surface area contributed by atoms with E-state index in [4.69, 9.17) is 21.1 Å². The van der Waals surface area contributed by atoms with E-state index in [0.717, 1.165) is 16.7 Å². The third kappa shape index (κ3) is 5.59. The Balaban J connectivity index is 1.64. The zero-order valence-corrected chi connectivity index (χ0v) is 16.9. The van der Waals surface area contributed by atoms with Gasteiger partial charge in [0.05, 0.1) is 13.3 Å². The van der Waals surface area contributed by atoms with Crippen molar-refractivity contribution in [2.75, 3.05) is 7.11 Å². The van der Waals surface area contributed by atoms with E-state index in [1.165, 1.54) is 0 Å². The van der Waals surface area contributed by atoms with E-state index in [-0.39, 0.29) is 5.91 Å². The summed E-state index contributed by atoms with van der Waals surface area (Å²) in [6, 6.07) is 20.3. The first-order chi connectivity index (χ1) is 14.1. The minimum atomic E-state index is -0.257. The van der Waals surface area contributed by atoms with Crippen molar-refractivity contribution in [3.63, 3.8) is 0 Å². The molecule has 0 fully saturated rings. The van der Waals surface area contributed by atoms with Crippen LogP contribution < -0.4 is 14.9 Å². The highest BCUT2D eigenvalue weighted by Gasteiger charge is 2.08. The fourth-order valence-electron chi connectivity index (χ4n) is 2.72. The molecular formula is C23H21ClN2O3. The molecule has 0 saturated heterocycles. The first-order valence-corrected chi connectivity index (χ1v) is 9.39. The molecule has 0 radical (unpaired) electrons. The lowest BCUT2D eigenvalue weighted by Gasteiger charge is -2.11. The summed E-state index contributed by atoms with van der Waals surface area (Å²) in [6.07, 6.45) is 1.56. The minimum absolute atomic E-state index is 0.257. The Morgan fingerprint density at radius 2 is 1.90 bits per heavy atom. The topological polar surface area (TPSA) is 59.9 Å². The first-order valence-electron chi connectivity index (χ1n) is 9.01. The lowest BCUT2D eigenvalue weighted by atomic mass is 10.1. The van der Waals surface area contributed by atoms with Gasteiger partial charge in [-0.25, -0.2) is 5.43 Å². The predicted molar refractivity (Wildman–Crippen MR) is 115 cm³/mol. The normalized spacial score (nSPS) is 10.7. The fraction of sp³-hybridized carbons (Fsp3) is 0.130. The van der Waals surface area contributed by atoms with Gasteiger partial charge in [-0.2, -0.15) is 5.10 Å². The summed E-state index contributed by atoms with van der Waals surface area (Å²) in [7, 11) is 1.57. The van der Waals surface area contributed by atoms with Crippen LogP contribution in [-0.4, -0.2) is 19.2 Å². The fourth-order valence-corrected chi connectivity index (χ4v) is 2.94. The maximum absolute atomic E-state index is 12.2. The van der Waals surface area contributed by atoms with Gasteiger partial charge in [-0.05, 0) is 60.0 Å². The second-order valence-corrected chi connectivity index (χ2v) is 6.78. The van der Waals surface area contributed by atoms with Crippen molar-refractivity contribution in [3.8, 4) is 11.5 Å². The molecule has 0 spiro atoms. The predicted octanol–water partition coefficient (Wildman–Crippen LogP) is 5.00. The number of aryl methyl sites for hydroxylation is 1. The molecule has 1 amide bonds. The van der Waals surface area contributed by atoms with Gasteiger partial charge in [-0.1, -0.05) is 41.9 Å². The quantitative estimate of drug-likeness (QED) is 0.442. The number of carbonyl (C=O) groups excluding carboxylic acids is 1. The Bertz CT molecular complexity index is 1030. The van der Waals surface area contributed by atoms with Gasteiger partial charge in [0.1, 0.15) is 6.61 Å². The largest absolute Gasteiger partial charge is 0.493 e. The Morgan fingerprint density at radius 1 is 1.07 bits per heavy atom. The second-order valence-electron chi connectivity index (χ2n) is 6.34. The van der Waals surface area contributed by atoms with Gasteiger partial charge in [-0.3, -0.25) is 4.79 Å². The molecule has 29 heavy (non-hydrogen) atoms. The maximum atomic E-state index is 12.2. The highest BCUT2D eigenvalue weighted by molar-refractivity contribution is 6.30. The van der Waals surface area contributed by atoms with Crippen LogP contribution in [0.3, 0.4) is 0 Å². The molecule has 0 aliphatic carbocycles. The molecule has 0 aliphatic heterocycles. The number of nitrogens with one attached hydrogen (secondary N) is 1. The number of rotatable bonds is 7. The molecule has 3 aromatic rings. The van der Waals surface area contributed by atoms with Crippen LogP contribution in [0.25, 0.3) is 0 Å². The van der Waals surface area contributed by atoms with E-state index < -0.39 is 0 Å². The number of halogens is 1. The molecule has 6 heteroatoms. The Labute approximate surface area is 174 Å². The van der Waals surface area contributed by atoms with Crippen LogP contribution in [-0.2, 0) is 6.61 Å².